The van der Waals surface area contributed by atoms with Gasteiger partial charge in [-0.3, -0.25) is 0 Å². The Bertz CT molecular complexity index is 2140. The summed E-state index contributed by atoms with van der Waals surface area (Å²) in [7, 11) is 0. The van der Waals surface area contributed by atoms with E-state index in [1.54, 1.807) is 18.2 Å². The van der Waals surface area contributed by atoms with E-state index in [4.69, 9.17) is 40.0 Å². The van der Waals surface area contributed by atoms with Crippen LogP contribution in [0.3, 0.4) is 0 Å². The van der Waals surface area contributed by atoms with Gasteiger partial charge in [0.1, 0.15) is 36.4 Å². The Hall–Kier alpha value is -5.16. The van der Waals surface area contributed by atoms with Gasteiger partial charge in [0.25, 0.3) is 0 Å². The standard InChI is InChI=1S/C48H44ClF3O6/c49-42-27-43(54-29-36-15-7-2-8-16-36)41(26-39(42)25-34-21-23-40(24-22-34)57-33-50)45-46(55-30-37-17-9-3-10-18-37)47(56-31-38-19-11-4-12-20-38)48(51,52)44(58-45)32-53-28-35-13-5-1-6-14-35/h1-24,26-27,44-47H,25,28-33H2/t44-,45+,46+,47-/m1/s1. The molecule has 6 aromatic rings. The van der Waals surface area contributed by atoms with E-state index in [2.05, 4.69) is 0 Å². The van der Waals surface area contributed by atoms with E-state index in [1.165, 1.54) is 0 Å². The predicted octanol–water partition coefficient (Wildman–Crippen LogP) is 11.3. The van der Waals surface area contributed by atoms with Gasteiger partial charge >= 0.3 is 5.92 Å². The third-order valence-corrected chi connectivity index (χ3v) is 10.3. The lowest BCUT2D eigenvalue weighted by molar-refractivity contribution is -0.320. The highest BCUT2D eigenvalue weighted by atomic mass is 35.5. The number of hydrogen-bond acceptors (Lipinski definition) is 6. The van der Waals surface area contributed by atoms with Crippen LogP contribution in [0.1, 0.15) is 45.0 Å². The molecule has 0 radical (unpaired) electrons. The Labute approximate surface area is 342 Å². The van der Waals surface area contributed by atoms with Crippen LogP contribution in [0.4, 0.5) is 13.2 Å². The number of alkyl halides is 3. The smallest absolute Gasteiger partial charge is 0.304 e. The first-order valence-electron chi connectivity index (χ1n) is 19.1. The Morgan fingerprint density at radius 1 is 0.586 bits per heavy atom. The zero-order chi connectivity index (χ0) is 40.2. The molecular weight excluding hydrogens is 765 g/mol. The number of rotatable bonds is 18. The van der Waals surface area contributed by atoms with Crippen LogP contribution >= 0.6 is 11.6 Å². The van der Waals surface area contributed by atoms with Crippen LogP contribution in [0.2, 0.25) is 5.02 Å². The van der Waals surface area contributed by atoms with E-state index >= 15 is 8.78 Å². The van der Waals surface area contributed by atoms with Crippen molar-refractivity contribution in [1.29, 1.82) is 0 Å². The highest BCUT2D eigenvalue weighted by Gasteiger charge is 2.60. The normalized spacial score (nSPS) is 18.8. The first-order chi connectivity index (χ1) is 28.4. The van der Waals surface area contributed by atoms with E-state index < -0.39 is 43.8 Å². The van der Waals surface area contributed by atoms with Crippen molar-refractivity contribution >= 4 is 11.6 Å². The Kier molecular flexibility index (Phi) is 14.1. The van der Waals surface area contributed by atoms with Gasteiger partial charge < -0.3 is 28.4 Å². The average molecular weight is 809 g/mol. The molecule has 7 rings (SSSR count). The summed E-state index contributed by atoms with van der Waals surface area (Å²) in [5.74, 6) is -2.83. The first-order valence-corrected chi connectivity index (χ1v) is 19.5. The highest BCUT2D eigenvalue weighted by Crippen LogP contribution is 2.47. The number of ether oxygens (including phenoxy) is 6. The zero-order valence-corrected chi connectivity index (χ0v) is 32.5. The quantitative estimate of drug-likeness (QED) is 0.0862. The zero-order valence-electron chi connectivity index (χ0n) is 31.7. The molecule has 0 saturated carbocycles. The molecule has 10 heteroatoms. The Balaban J connectivity index is 1.30. The highest BCUT2D eigenvalue weighted by molar-refractivity contribution is 6.31. The second kappa shape index (κ2) is 20.0. The second-order valence-electron chi connectivity index (χ2n) is 14.0. The molecule has 0 aliphatic carbocycles. The fourth-order valence-corrected chi connectivity index (χ4v) is 7.12. The van der Waals surface area contributed by atoms with E-state index in [1.807, 2.05) is 140 Å². The van der Waals surface area contributed by atoms with Gasteiger partial charge in [-0.25, -0.2) is 13.2 Å². The summed E-state index contributed by atoms with van der Waals surface area (Å²) in [6, 6.07) is 48.0. The van der Waals surface area contributed by atoms with Crippen molar-refractivity contribution in [2.45, 2.75) is 63.2 Å². The summed E-state index contributed by atoms with van der Waals surface area (Å²) in [6.45, 7) is -1.17. The lowest BCUT2D eigenvalue weighted by Gasteiger charge is -2.46. The maximum Gasteiger partial charge on any atom is 0.304 e. The summed E-state index contributed by atoms with van der Waals surface area (Å²) in [5.41, 5.74) is 5.25. The Morgan fingerprint density at radius 3 is 1.69 bits per heavy atom. The van der Waals surface area contributed by atoms with Gasteiger partial charge in [0.2, 0.25) is 6.86 Å². The van der Waals surface area contributed by atoms with Crippen LogP contribution in [-0.4, -0.2) is 37.7 Å². The number of benzene rings is 6. The van der Waals surface area contributed by atoms with E-state index in [-0.39, 0.29) is 26.4 Å². The molecule has 0 unspecified atom stereocenters. The van der Waals surface area contributed by atoms with Crippen LogP contribution in [-0.2, 0) is 51.8 Å². The van der Waals surface area contributed by atoms with Crippen molar-refractivity contribution in [2.75, 3.05) is 13.5 Å². The van der Waals surface area contributed by atoms with Crippen LogP contribution in [0, 0.1) is 0 Å². The minimum atomic E-state index is -3.56. The van der Waals surface area contributed by atoms with Crippen molar-refractivity contribution in [3.8, 4) is 11.5 Å². The predicted molar refractivity (Wildman–Crippen MR) is 217 cm³/mol. The molecule has 1 heterocycles. The molecule has 1 fully saturated rings. The molecule has 1 aliphatic rings. The molecule has 6 aromatic carbocycles. The summed E-state index contributed by atoms with van der Waals surface area (Å²) in [6.07, 6.45) is -5.60. The topological polar surface area (TPSA) is 55.4 Å². The molecular formula is C48H44ClF3O6. The van der Waals surface area contributed by atoms with Crippen molar-refractivity contribution in [3.05, 3.63) is 202 Å². The third-order valence-electron chi connectivity index (χ3n) is 9.92. The summed E-state index contributed by atoms with van der Waals surface area (Å²) in [4.78, 5) is 0. The molecule has 0 aromatic heterocycles. The molecule has 1 aliphatic heterocycles. The second-order valence-corrected chi connectivity index (χ2v) is 14.4. The summed E-state index contributed by atoms with van der Waals surface area (Å²) >= 11 is 6.99. The van der Waals surface area contributed by atoms with Gasteiger partial charge in [-0.2, -0.15) is 0 Å². The SMILES string of the molecule is FCOc1ccc(Cc2cc([C@@H]3O[C@H](COCc4ccccc4)C(F)(F)[C@H](OCc4ccccc4)[C@H]3OCc3ccccc3)c(OCc3ccccc3)cc2Cl)cc1. The van der Waals surface area contributed by atoms with Crippen molar-refractivity contribution < 1.29 is 41.6 Å². The molecule has 0 bridgehead atoms. The Morgan fingerprint density at radius 2 is 1.12 bits per heavy atom. The first kappa shape index (κ1) is 41.0. The van der Waals surface area contributed by atoms with E-state index in [9.17, 15) is 4.39 Å². The molecule has 1 saturated heterocycles. The van der Waals surface area contributed by atoms with Crippen molar-refractivity contribution in [1.82, 2.24) is 0 Å². The molecule has 0 N–H and O–H groups in total. The van der Waals surface area contributed by atoms with E-state index in [0.717, 1.165) is 27.8 Å². The fraction of sp³-hybridized carbons (Fsp3) is 0.250. The lowest BCUT2D eigenvalue weighted by atomic mass is 9.88. The van der Waals surface area contributed by atoms with Gasteiger partial charge in [0.15, 0.2) is 6.10 Å². The number of halogens is 4. The van der Waals surface area contributed by atoms with Crippen LogP contribution in [0.15, 0.2) is 158 Å². The van der Waals surface area contributed by atoms with E-state index in [0.29, 0.717) is 34.1 Å². The fourth-order valence-electron chi connectivity index (χ4n) is 6.90. The molecule has 0 amide bonds. The molecule has 0 spiro atoms. The molecule has 4 atom stereocenters. The molecule has 6 nitrogen and oxygen atoms in total. The molecule has 300 valence electrons. The molecule has 58 heavy (non-hydrogen) atoms. The van der Waals surface area contributed by atoms with Gasteiger partial charge in [0, 0.05) is 10.6 Å². The monoisotopic (exact) mass is 808 g/mol. The van der Waals surface area contributed by atoms with Gasteiger partial charge in [0.05, 0.1) is 26.4 Å². The van der Waals surface area contributed by atoms with Crippen LogP contribution in [0.25, 0.3) is 0 Å². The van der Waals surface area contributed by atoms with Crippen LogP contribution < -0.4 is 9.47 Å². The summed E-state index contributed by atoms with van der Waals surface area (Å²) in [5, 5.41) is 0.401. The van der Waals surface area contributed by atoms with Gasteiger partial charge in [-0.1, -0.05) is 145 Å². The summed E-state index contributed by atoms with van der Waals surface area (Å²) < 4.78 is 83.8. The van der Waals surface area contributed by atoms with Gasteiger partial charge in [-0.05, 0) is 64.1 Å². The largest absolute Gasteiger partial charge is 0.488 e. The minimum absolute atomic E-state index is 0.00969. The van der Waals surface area contributed by atoms with Crippen LogP contribution in [0.5, 0.6) is 11.5 Å². The van der Waals surface area contributed by atoms with Gasteiger partial charge in [-0.15, -0.1) is 0 Å². The maximum atomic E-state index is 17.1. The average Bonchev–Trinajstić information content (AvgIpc) is 3.25. The van der Waals surface area contributed by atoms with Crippen molar-refractivity contribution in [2.24, 2.45) is 0 Å². The maximum absolute atomic E-state index is 17.1. The third kappa shape index (κ3) is 10.7. The lowest BCUT2D eigenvalue weighted by Crippen LogP contribution is -2.61. The number of hydrogen-bond donors (Lipinski definition) is 0. The minimum Gasteiger partial charge on any atom is -0.488 e. The van der Waals surface area contributed by atoms with Crippen molar-refractivity contribution in [3.63, 3.8) is 0 Å².